The van der Waals surface area contributed by atoms with Crippen LogP contribution in [0.2, 0.25) is 0 Å². The molecule has 2 aromatic carbocycles. The minimum Gasteiger partial charge on any atom is -0.493 e. The van der Waals surface area contributed by atoms with Gasteiger partial charge in [-0.1, -0.05) is 30.3 Å². The third-order valence-electron chi connectivity index (χ3n) is 4.68. The lowest BCUT2D eigenvalue weighted by Crippen LogP contribution is -2.32. The lowest BCUT2D eigenvalue weighted by Gasteiger charge is -2.17. The second kappa shape index (κ2) is 11.5. The number of aliphatic imine (C=N–C) groups is 1. The van der Waals surface area contributed by atoms with Gasteiger partial charge in [-0.15, -0.1) is 0 Å². The Hall–Kier alpha value is -3.61. The van der Waals surface area contributed by atoms with Gasteiger partial charge in [0.2, 0.25) is 5.75 Å². The molecule has 0 aliphatic carbocycles. The molecule has 3 rings (SSSR count). The monoisotopic (exact) mass is 423 g/mol. The molecule has 0 saturated carbocycles. The van der Waals surface area contributed by atoms with Gasteiger partial charge in [-0.3, -0.25) is 4.99 Å². The van der Waals surface area contributed by atoms with Crippen molar-refractivity contribution in [2.24, 2.45) is 4.99 Å². The van der Waals surface area contributed by atoms with E-state index in [2.05, 4.69) is 22.8 Å². The van der Waals surface area contributed by atoms with E-state index in [0.717, 1.165) is 24.4 Å². The van der Waals surface area contributed by atoms with Gasteiger partial charge in [-0.05, 0) is 24.1 Å². The van der Waals surface area contributed by atoms with E-state index in [9.17, 15) is 0 Å². The first kappa shape index (κ1) is 22.1. The van der Waals surface area contributed by atoms with Gasteiger partial charge >= 0.3 is 0 Å². The second-order valence-corrected chi connectivity index (χ2v) is 6.76. The zero-order valence-corrected chi connectivity index (χ0v) is 18.2. The topological polar surface area (TPSA) is 77.2 Å². The molecule has 0 fully saturated rings. The molecule has 0 saturated heterocycles. The van der Waals surface area contributed by atoms with Crippen molar-refractivity contribution in [1.82, 2.24) is 5.32 Å². The minimum absolute atomic E-state index is 0.545. The Morgan fingerprint density at radius 1 is 0.903 bits per heavy atom. The van der Waals surface area contributed by atoms with E-state index in [1.807, 2.05) is 42.5 Å². The number of anilines is 1. The highest BCUT2D eigenvalue weighted by Gasteiger charge is 2.14. The highest BCUT2D eigenvalue weighted by atomic mass is 16.5. The van der Waals surface area contributed by atoms with Crippen molar-refractivity contribution in [3.63, 3.8) is 0 Å². The molecular formula is C24H29N3O4. The van der Waals surface area contributed by atoms with Crippen LogP contribution in [0.1, 0.15) is 11.3 Å². The fourth-order valence-electron chi connectivity index (χ4n) is 3.13. The van der Waals surface area contributed by atoms with Crippen LogP contribution in [0.3, 0.4) is 0 Å². The average molecular weight is 424 g/mol. The summed E-state index contributed by atoms with van der Waals surface area (Å²) >= 11 is 0. The van der Waals surface area contributed by atoms with Crippen molar-refractivity contribution in [3.05, 3.63) is 72.2 Å². The molecule has 0 aliphatic heterocycles. The maximum absolute atomic E-state index is 5.45. The molecule has 0 spiro atoms. The molecule has 0 atom stereocenters. The van der Waals surface area contributed by atoms with Gasteiger partial charge in [0.1, 0.15) is 5.76 Å². The summed E-state index contributed by atoms with van der Waals surface area (Å²) in [6, 6.07) is 17.9. The Kier molecular flexibility index (Phi) is 8.22. The summed E-state index contributed by atoms with van der Waals surface area (Å²) < 4.78 is 21.7. The zero-order chi connectivity index (χ0) is 21.9. The molecule has 164 valence electrons. The van der Waals surface area contributed by atoms with E-state index in [1.165, 1.54) is 5.56 Å². The van der Waals surface area contributed by atoms with Gasteiger partial charge in [0.05, 0.1) is 27.6 Å². The van der Waals surface area contributed by atoms with E-state index in [-0.39, 0.29) is 0 Å². The average Bonchev–Trinajstić information content (AvgIpc) is 3.32. The molecule has 0 aliphatic rings. The third-order valence-corrected chi connectivity index (χ3v) is 4.68. The van der Waals surface area contributed by atoms with Gasteiger partial charge in [0, 0.05) is 37.3 Å². The lowest BCUT2D eigenvalue weighted by molar-refractivity contribution is 0.324. The van der Waals surface area contributed by atoms with Crippen LogP contribution in [0, 0.1) is 0 Å². The highest BCUT2D eigenvalue weighted by molar-refractivity contribution is 5.94. The summed E-state index contributed by atoms with van der Waals surface area (Å²) in [5.41, 5.74) is 2.04. The van der Waals surface area contributed by atoms with Crippen molar-refractivity contribution >= 4 is 11.6 Å². The van der Waals surface area contributed by atoms with E-state index in [4.69, 9.17) is 23.6 Å². The number of hydrogen-bond acceptors (Lipinski definition) is 5. The number of nitrogens with one attached hydrogen (secondary N) is 2. The quantitative estimate of drug-likeness (QED) is 0.377. The number of hydrogen-bond donors (Lipinski definition) is 2. The molecule has 7 nitrogen and oxygen atoms in total. The summed E-state index contributed by atoms with van der Waals surface area (Å²) in [7, 11) is 4.77. The van der Waals surface area contributed by atoms with E-state index < -0.39 is 0 Å². The zero-order valence-electron chi connectivity index (χ0n) is 18.2. The van der Waals surface area contributed by atoms with Crippen LogP contribution in [0.5, 0.6) is 17.2 Å². The number of benzene rings is 2. The third kappa shape index (κ3) is 6.44. The molecular weight excluding hydrogens is 394 g/mol. The molecule has 31 heavy (non-hydrogen) atoms. The smallest absolute Gasteiger partial charge is 0.203 e. The highest BCUT2D eigenvalue weighted by Crippen LogP contribution is 2.39. The van der Waals surface area contributed by atoms with Gasteiger partial charge in [-0.2, -0.15) is 0 Å². The Bertz CT molecular complexity index is 931. The summed E-state index contributed by atoms with van der Waals surface area (Å²) in [5, 5.41) is 6.73. The number of furan rings is 1. The number of nitrogens with zero attached hydrogens (tertiary/aromatic N) is 1. The molecule has 1 aromatic heterocycles. The Morgan fingerprint density at radius 2 is 1.65 bits per heavy atom. The molecule has 0 amide bonds. The summed E-state index contributed by atoms with van der Waals surface area (Å²) in [4.78, 5) is 4.70. The molecule has 0 unspecified atom stereocenters. The number of methoxy groups -OCH3 is 3. The Balaban J connectivity index is 1.73. The van der Waals surface area contributed by atoms with E-state index in [1.54, 1.807) is 27.6 Å². The van der Waals surface area contributed by atoms with Crippen molar-refractivity contribution in [1.29, 1.82) is 0 Å². The van der Waals surface area contributed by atoms with Crippen LogP contribution in [0.15, 0.2) is 70.3 Å². The van der Waals surface area contributed by atoms with Crippen LogP contribution in [-0.4, -0.2) is 40.4 Å². The Morgan fingerprint density at radius 3 is 2.26 bits per heavy atom. The number of ether oxygens (including phenoxy) is 3. The fraction of sp³-hybridized carbons (Fsp3) is 0.292. The Labute approximate surface area is 183 Å². The van der Waals surface area contributed by atoms with Gasteiger partial charge in [0.25, 0.3) is 0 Å². The summed E-state index contributed by atoms with van der Waals surface area (Å²) in [6.07, 6.45) is 3.27. The molecule has 0 bridgehead atoms. The first-order chi connectivity index (χ1) is 15.2. The van der Waals surface area contributed by atoms with Crippen LogP contribution < -0.4 is 24.8 Å². The van der Waals surface area contributed by atoms with Gasteiger partial charge in [0.15, 0.2) is 17.5 Å². The molecule has 7 heteroatoms. The van der Waals surface area contributed by atoms with Crippen molar-refractivity contribution < 1.29 is 18.6 Å². The van der Waals surface area contributed by atoms with Crippen LogP contribution in [0.25, 0.3) is 0 Å². The second-order valence-electron chi connectivity index (χ2n) is 6.76. The maximum atomic E-state index is 5.45. The molecule has 3 aromatic rings. The summed E-state index contributed by atoms with van der Waals surface area (Å²) in [6.45, 7) is 1.32. The van der Waals surface area contributed by atoms with Crippen LogP contribution >= 0.6 is 0 Å². The van der Waals surface area contributed by atoms with Crippen molar-refractivity contribution in [3.8, 4) is 17.2 Å². The fourth-order valence-corrected chi connectivity index (χ4v) is 3.13. The largest absolute Gasteiger partial charge is 0.493 e. The number of rotatable bonds is 10. The minimum atomic E-state index is 0.545. The van der Waals surface area contributed by atoms with E-state index >= 15 is 0 Å². The molecule has 0 radical (unpaired) electrons. The first-order valence-electron chi connectivity index (χ1n) is 10.1. The van der Waals surface area contributed by atoms with Crippen LogP contribution in [0.4, 0.5) is 5.69 Å². The normalized spacial score (nSPS) is 11.1. The van der Waals surface area contributed by atoms with Crippen LogP contribution in [-0.2, 0) is 12.8 Å². The van der Waals surface area contributed by atoms with E-state index in [0.29, 0.717) is 36.2 Å². The standard InChI is InChI=1S/C24H29N3O4/c1-28-21-16-19(17-22(29-2)23(21)30-3)27-24(26-14-12-20-10-7-15-31-20)25-13-11-18-8-5-4-6-9-18/h4-10,15-17H,11-14H2,1-3H3,(H2,25,26,27). The van der Waals surface area contributed by atoms with Gasteiger partial charge < -0.3 is 29.3 Å². The lowest BCUT2D eigenvalue weighted by atomic mass is 10.1. The van der Waals surface area contributed by atoms with Crippen molar-refractivity contribution in [2.45, 2.75) is 12.8 Å². The predicted molar refractivity (Wildman–Crippen MR) is 123 cm³/mol. The predicted octanol–water partition coefficient (Wildman–Crippen LogP) is 4.15. The molecule has 1 heterocycles. The SMILES string of the molecule is COc1cc(NC(=NCCc2ccco2)NCCc2ccccc2)cc(OC)c1OC. The van der Waals surface area contributed by atoms with Gasteiger partial charge in [-0.25, -0.2) is 0 Å². The van der Waals surface area contributed by atoms with Crippen molar-refractivity contribution in [2.75, 3.05) is 39.7 Å². The summed E-state index contributed by atoms with van der Waals surface area (Å²) in [5.74, 6) is 3.26. The molecule has 2 N–H and O–H groups in total. The first-order valence-corrected chi connectivity index (χ1v) is 10.1. The number of guanidine groups is 1. The maximum Gasteiger partial charge on any atom is 0.203 e.